The summed E-state index contributed by atoms with van der Waals surface area (Å²) in [5, 5.41) is 10.2. The lowest BCUT2D eigenvalue weighted by atomic mass is 9.77. The van der Waals surface area contributed by atoms with E-state index in [4.69, 9.17) is 9.47 Å². The quantitative estimate of drug-likeness (QED) is 0.750. The van der Waals surface area contributed by atoms with Crippen molar-refractivity contribution in [2.45, 2.75) is 70.1 Å². The molecule has 1 aromatic carbocycles. The summed E-state index contributed by atoms with van der Waals surface area (Å²) >= 11 is 0. The van der Waals surface area contributed by atoms with Crippen molar-refractivity contribution < 1.29 is 23.0 Å². The minimum Gasteiger partial charge on any atom is -0.467 e. The van der Waals surface area contributed by atoms with E-state index < -0.39 is 21.4 Å². The van der Waals surface area contributed by atoms with Crippen LogP contribution in [0.25, 0.3) is 0 Å². The summed E-state index contributed by atoms with van der Waals surface area (Å²) in [7, 11) is -0.365. The molecule has 6 nitrogen and oxygen atoms in total. The molecule has 2 atom stereocenters. The molecule has 2 unspecified atom stereocenters. The van der Waals surface area contributed by atoms with Gasteiger partial charge in [0.1, 0.15) is 11.0 Å². The van der Waals surface area contributed by atoms with Gasteiger partial charge in [-0.25, -0.2) is 12.7 Å². The Morgan fingerprint density at radius 3 is 2.00 bits per heavy atom. The molecule has 1 heterocycles. The Hall–Kier alpha value is -1.15. The van der Waals surface area contributed by atoms with Crippen molar-refractivity contribution in [3.63, 3.8) is 0 Å². The highest BCUT2D eigenvalue weighted by molar-refractivity contribution is 7.90. The van der Waals surface area contributed by atoms with Gasteiger partial charge in [-0.2, -0.15) is 0 Å². The fourth-order valence-corrected chi connectivity index (χ4v) is 5.27. The largest absolute Gasteiger partial charge is 0.467 e. The average Bonchev–Trinajstić information content (AvgIpc) is 2.83. The van der Waals surface area contributed by atoms with Crippen molar-refractivity contribution in [2.75, 3.05) is 27.5 Å². The van der Waals surface area contributed by atoms with Gasteiger partial charge in [0.2, 0.25) is 10.0 Å². The second-order valence-corrected chi connectivity index (χ2v) is 11.9. The number of methoxy groups -OCH3 is 1. The Kier molecular flexibility index (Phi) is 6.56. The highest BCUT2D eigenvalue weighted by atomic mass is 32.2. The molecule has 0 aliphatic carbocycles. The molecule has 1 saturated heterocycles. The molecule has 0 bridgehead atoms. The Morgan fingerprint density at radius 1 is 1.14 bits per heavy atom. The third kappa shape index (κ3) is 4.53. The first-order valence-electron chi connectivity index (χ1n) is 9.65. The SMILES string of the molecule is COCOc1c(C(C)(C)C)cc(C(O)C2CCN(C)S2(=O)=O)cc1C(C)(C)C. The van der Waals surface area contributed by atoms with Gasteiger partial charge < -0.3 is 14.6 Å². The van der Waals surface area contributed by atoms with Gasteiger partial charge in [-0.15, -0.1) is 0 Å². The molecule has 0 saturated carbocycles. The summed E-state index contributed by atoms with van der Waals surface area (Å²) in [5.74, 6) is 0.740. The number of aliphatic hydroxyl groups is 1. The van der Waals surface area contributed by atoms with Crippen LogP contribution in [0.1, 0.15) is 70.8 Å². The molecule has 1 aliphatic rings. The lowest BCUT2D eigenvalue weighted by molar-refractivity contribution is 0.0483. The van der Waals surface area contributed by atoms with Crippen molar-refractivity contribution in [1.29, 1.82) is 0 Å². The maximum atomic E-state index is 12.6. The second-order valence-electron chi connectivity index (χ2n) is 9.63. The second kappa shape index (κ2) is 7.94. The van der Waals surface area contributed by atoms with E-state index in [1.807, 2.05) is 12.1 Å². The summed E-state index contributed by atoms with van der Waals surface area (Å²) in [6.45, 7) is 13.0. The minimum atomic E-state index is -3.50. The first-order valence-corrected chi connectivity index (χ1v) is 11.2. The van der Waals surface area contributed by atoms with Gasteiger partial charge in [0.15, 0.2) is 6.79 Å². The molecule has 160 valence electrons. The molecule has 1 aromatic rings. The lowest BCUT2D eigenvalue weighted by Gasteiger charge is -2.31. The molecule has 1 aliphatic heterocycles. The molecule has 2 rings (SSSR count). The van der Waals surface area contributed by atoms with E-state index in [1.54, 1.807) is 14.2 Å². The van der Waals surface area contributed by atoms with E-state index in [0.29, 0.717) is 18.5 Å². The summed E-state index contributed by atoms with van der Waals surface area (Å²) in [6.07, 6.45) is -0.675. The number of ether oxygens (including phenoxy) is 2. The maximum Gasteiger partial charge on any atom is 0.219 e. The number of nitrogens with zero attached hydrogens (tertiary/aromatic N) is 1. The monoisotopic (exact) mass is 413 g/mol. The summed E-state index contributed by atoms with van der Waals surface area (Å²) in [5.41, 5.74) is 1.95. The lowest BCUT2D eigenvalue weighted by Crippen LogP contribution is -2.30. The highest BCUT2D eigenvalue weighted by Gasteiger charge is 2.42. The number of hydrogen-bond acceptors (Lipinski definition) is 5. The van der Waals surface area contributed by atoms with Crippen LogP contribution < -0.4 is 4.74 Å². The van der Waals surface area contributed by atoms with Crippen LogP contribution >= 0.6 is 0 Å². The molecular formula is C21H35NO5S. The predicted molar refractivity (Wildman–Crippen MR) is 111 cm³/mol. The van der Waals surface area contributed by atoms with Crippen molar-refractivity contribution >= 4 is 10.0 Å². The van der Waals surface area contributed by atoms with Gasteiger partial charge in [-0.3, -0.25) is 0 Å². The summed E-state index contributed by atoms with van der Waals surface area (Å²) in [4.78, 5) is 0. The van der Waals surface area contributed by atoms with Crippen LogP contribution in [0.3, 0.4) is 0 Å². The van der Waals surface area contributed by atoms with E-state index in [-0.39, 0.29) is 17.6 Å². The molecular weight excluding hydrogens is 378 g/mol. The maximum absolute atomic E-state index is 12.6. The van der Waals surface area contributed by atoms with E-state index in [0.717, 1.165) is 16.9 Å². The van der Waals surface area contributed by atoms with E-state index in [2.05, 4.69) is 41.5 Å². The van der Waals surface area contributed by atoms with Crippen molar-refractivity contribution in [3.8, 4) is 5.75 Å². The number of sulfonamides is 1. The molecule has 1 N–H and O–H groups in total. The Labute approximate surface area is 169 Å². The van der Waals surface area contributed by atoms with Crippen molar-refractivity contribution in [1.82, 2.24) is 4.31 Å². The van der Waals surface area contributed by atoms with Gasteiger partial charge in [-0.1, -0.05) is 41.5 Å². The molecule has 0 aromatic heterocycles. The van der Waals surface area contributed by atoms with Crippen LogP contribution in [0, 0.1) is 0 Å². The average molecular weight is 414 g/mol. The van der Waals surface area contributed by atoms with Crippen LogP contribution in [0.4, 0.5) is 0 Å². The minimum absolute atomic E-state index is 0.121. The zero-order valence-electron chi connectivity index (χ0n) is 18.4. The first-order chi connectivity index (χ1) is 12.7. The molecule has 7 heteroatoms. The number of hydrogen-bond donors (Lipinski definition) is 1. The van der Waals surface area contributed by atoms with Crippen LogP contribution in [-0.2, 0) is 25.6 Å². The molecule has 0 radical (unpaired) electrons. The van der Waals surface area contributed by atoms with E-state index >= 15 is 0 Å². The van der Waals surface area contributed by atoms with Crippen LogP contribution in [-0.4, -0.2) is 50.6 Å². The molecule has 28 heavy (non-hydrogen) atoms. The van der Waals surface area contributed by atoms with Crippen LogP contribution in [0.5, 0.6) is 5.75 Å². The highest BCUT2D eigenvalue weighted by Crippen LogP contribution is 2.43. The fraction of sp³-hybridized carbons (Fsp3) is 0.714. The Balaban J connectivity index is 2.66. The number of rotatable bonds is 5. The van der Waals surface area contributed by atoms with E-state index in [9.17, 15) is 13.5 Å². The summed E-state index contributed by atoms with van der Waals surface area (Å²) in [6, 6.07) is 3.78. The van der Waals surface area contributed by atoms with Gasteiger partial charge in [0.05, 0.1) is 6.10 Å². The first kappa shape index (κ1) is 23.1. The standard InChI is InChI=1S/C21H35NO5S/c1-20(2,3)15-11-14(18(23)17-9-10-22(7)28(17,24)25)12-16(21(4,5)6)19(15)27-13-26-8/h11-12,17-18,23H,9-10,13H2,1-8H3. The number of benzene rings is 1. The van der Waals surface area contributed by atoms with E-state index in [1.165, 1.54) is 4.31 Å². The molecule has 0 spiro atoms. The Morgan fingerprint density at radius 2 is 1.64 bits per heavy atom. The van der Waals surface area contributed by atoms with Gasteiger partial charge in [0.25, 0.3) is 0 Å². The fourth-order valence-electron chi connectivity index (χ4n) is 3.56. The van der Waals surface area contributed by atoms with Crippen molar-refractivity contribution in [3.05, 3.63) is 28.8 Å². The van der Waals surface area contributed by atoms with Crippen molar-refractivity contribution in [2.24, 2.45) is 0 Å². The zero-order chi connectivity index (χ0) is 21.5. The normalized spacial score (nSPS) is 21.7. The Bertz CT molecular complexity index is 770. The number of aliphatic hydroxyl groups excluding tert-OH is 1. The summed E-state index contributed by atoms with van der Waals surface area (Å²) < 4.78 is 37.6. The van der Waals surface area contributed by atoms with Crippen LogP contribution in [0.2, 0.25) is 0 Å². The zero-order valence-corrected chi connectivity index (χ0v) is 19.2. The third-order valence-corrected chi connectivity index (χ3v) is 7.60. The predicted octanol–water partition coefficient (Wildman–Crippen LogP) is 3.33. The van der Waals surface area contributed by atoms with Gasteiger partial charge in [0, 0.05) is 31.8 Å². The molecule has 0 amide bonds. The topological polar surface area (TPSA) is 76.1 Å². The van der Waals surface area contributed by atoms with Gasteiger partial charge in [-0.05, 0) is 34.9 Å². The van der Waals surface area contributed by atoms with Crippen LogP contribution in [0.15, 0.2) is 12.1 Å². The third-order valence-electron chi connectivity index (χ3n) is 5.29. The molecule has 1 fully saturated rings. The van der Waals surface area contributed by atoms with Gasteiger partial charge >= 0.3 is 0 Å². The smallest absolute Gasteiger partial charge is 0.219 e.